The molecule has 1 aromatic rings. The lowest BCUT2D eigenvalue weighted by molar-refractivity contribution is -0.130. The Bertz CT molecular complexity index is 940. The Morgan fingerprint density at radius 2 is 1.97 bits per heavy atom. The highest BCUT2D eigenvalue weighted by Gasteiger charge is 2.43. The van der Waals surface area contributed by atoms with Crippen LogP contribution in [0.5, 0.6) is 5.75 Å². The van der Waals surface area contributed by atoms with Crippen molar-refractivity contribution in [3.05, 3.63) is 29.3 Å². The van der Waals surface area contributed by atoms with Crippen LogP contribution in [-0.2, 0) is 4.79 Å². The lowest BCUT2D eigenvalue weighted by atomic mass is 10.0. The summed E-state index contributed by atoms with van der Waals surface area (Å²) in [5, 5.41) is 5.78. The molecule has 1 aromatic carbocycles. The third-order valence-electron chi connectivity index (χ3n) is 6.20. The Morgan fingerprint density at radius 3 is 2.66 bits per heavy atom. The normalized spacial score (nSPS) is 22.2. The van der Waals surface area contributed by atoms with Crippen molar-refractivity contribution in [2.24, 2.45) is 10.8 Å². The summed E-state index contributed by atoms with van der Waals surface area (Å²) < 4.78 is 5.66. The molecule has 172 valence electrons. The van der Waals surface area contributed by atoms with Crippen LogP contribution < -0.4 is 10.5 Å². The van der Waals surface area contributed by atoms with Crippen LogP contribution in [0, 0.1) is 0 Å². The summed E-state index contributed by atoms with van der Waals surface area (Å²) in [4.78, 5) is 43.6. The number of primary amides is 1. The monoisotopic (exact) mass is 442 g/mol. The van der Waals surface area contributed by atoms with Crippen molar-refractivity contribution < 1.29 is 19.1 Å². The quantitative estimate of drug-likeness (QED) is 0.656. The minimum atomic E-state index is -0.550. The zero-order chi connectivity index (χ0) is 22.8. The fourth-order valence-corrected chi connectivity index (χ4v) is 4.40. The van der Waals surface area contributed by atoms with Gasteiger partial charge in [-0.05, 0) is 31.7 Å². The van der Waals surface area contributed by atoms with Gasteiger partial charge < -0.3 is 15.4 Å². The largest absolute Gasteiger partial charge is 0.492 e. The van der Waals surface area contributed by atoms with Gasteiger partial charge in [-0.15, -0.1) is 0 Å². The van der Waals surface area contributed by atoms with Crippen molar-refractivity contribution in [2.45, 2.75) is 32.4 Å². The number of ether oxygens (including phenoxy) is 1. The van der Waals surface area contributed by atoms with Gasteiger partial charge in [0.1, 0.15) is 12.3 Å². The summed E-state index contributed by atoms with van der Waals surface area (Å²) in [6.45, 7) is 5.80. The second-order valence-corrected chi connectivity index (χ2v) is 8.43. The molecule has 3 aliphatic rings. The van der Waals surface area contributed by atoms with Gasteiger partial charge in [0.25, 0.3) is 5.91 Å². The first kappa shape index (κ1) is 22.2. The number of hydrogen-bond acceptors (Lipinski definition) is 7. The van der Waals surface area contributed by atoms with Crippen molar-refractivity contribution in [1.29, 1.82) is 0 Å². The van der Waals surface area contributed by atoms with Crippen LogP contribution >= 0.6 is 0 Å². The molecular weight excluding hydrogens is 412 g/mol. The lowest BCUT2D eigenvalue weighted by Gasteiger charge is -2.40. The molecule has 10 nitrogen and oxygen atoms in total. The number of carbonyl (C=O) groups excluding carboxylic acids is 3. The van der Waals surface area contributed by atoms with E-state index in [4.69, 9.17) is 10.5 Å². The Morgan fingerprint density at radius 1 is 1.22 bits per heavy atom. The maximum Gasteiger partial charge on any atom is 0.349 e. The summed E-state index contributed by atoms with van der Waals surface area (Å²) in [7, 11) is 2.07. The molecule has 1 unspecified atom stereocenters. The number of fused-ring (bicyclic) bond motifs is 1. The van der Waals surface area contributed by atoms with E-state index >= 15 is 0 Å². The van der Waals surface area contributed by atoms with Crippen molar-refractivity contribution in [3.63, 3.8) is 0 Å². The average molecular weight is 443 g/mol. The van der Waals surface area contributed by atoms with Crippen LogP contribution in [0.15, 0.2) is 23.3 Å². The molecule has 0 aromatic heterocycles. The van der Waals surface area contributed by atoms with Gasteiger partial charge in [0.05, 0.1) is 18.5 Å². The number of benzene rings is 1. The molecule has 0 saturated carbocycles. The van der Waals surface area contributed by atoms with E-state index < -0.39 is 11.9 Å². The standard InChI is InChI=1S/C22H30N6O4/c1-3-4-19(26-10-8-25(2)9-11-26)28-20(29)14-27(22(28)31)24-17-7-12-32-18-6-5-15(21(23)30)13-16(17)18/h5-6,13,19H,3-4,7-12,14H2,1-2H3,(H2,23,30)/b24-17+. The number of hydrazone groups is 1. The molecular formula is C22H30N6O4. The number of hydrogen-bond donors (Lipinski definition) is 1. The highest BCUT2D eigenvalue weighted by molar-refractivity contribution is 6.08. The number of carbonyl (C=O) groups is 3. The van der Waals surface area contributed by atoms with E-state index in [0.29, 0.717) is 35.6 Å². The molecule has 0 bridgehead atoms. The molecule has 3 heterocycles. The molecule has 0 radical (unpaired) electrons. The number of nitrogens with two attached hydrogens (primary N) is 1. The molecule has 10 heteroatoms. The van der Waals surface area contributed by atoms with Crippen molar-refractivity contribution in [2.75, 3.05) is 46.4 Å². The van der Waals surface area contributed by atoms with Crippen LogP contribution in [0.2, 0.25) is 0 Å². The fourth-order valence-electron chi connectivity index (χ4n) is 4.40. The number of imide groups is 1. The molecule has 1 atom stereocenters. The summed E-state index contributed by atoms with van der Waals surface area (Å²) >= 11 is 0. The van der Waals surface area contributed by atoms with Gasteiger partial charge in [-0.2, -0.15) is 5.10 Å². The van der Waals surface area contributed by atoms with Gasteiger partial charge in [-0.1, -0.05) is 13.3 Å². The van der Waals surface area contributed by atoms with Gasteiger partial charge in [-0.3, -0.25) is 14.5 Å². The molecule has 4 amide bonds. The minimum Gasteiger partial charge on any atom is -0.492 e. The molecule has 2 fully saturated rings. The third-order valence-corrected chi connectivity index (χ3v) is 6.20. The number of urea groups is 1. The van der Waals surface area contributed by atoms with Crippen LogP contribution in [0.4, 0.5) is 4.79 Å². The topological polar surface area (TPSA) is 112 Å². The van der Waals surface area contributed by atoms with Crippen molar-refractivity contribution in [1.82, 2.24) is 19.7 Å². The van der Waals surface area contributed by atoms with Crippen LogP contribution in [0.3, 0.4) is 0 Å². The molecule has 4 rings (SSSR count). The van der Waals surface area contributed by atoms with Gasteiger partial charge >= 0.3 is 6.03 Å². The van der Waals surface area contributed by atoms with E-state index in [1.165, 1.54) is 9.91 Å². The maximum absolute atomic E-state index is 13.3. The first-order valence-corrected chi connectivity index (χ1v) is 11.1. The zero-order valence-corrected chi connectivity index (χ0v) is 18.6. The summed E-state index contributed by atoms with van der Waals surface area (Å²) in [6, 6.07) is 4.50. The number of likely N-dealkylation sites (N-methyl/N-ethyl adjacent to an activating group) is 1. The predicted molar refractivity (Wildman–Crippen MR) is 118 cm³/mol. The van der Waals surface area contributed by atoms with Gasteiger partial charge in [0, 0.05) is 43.7 Å². The Hall–Kier alpha value is -2.98. The highest BCUT2D eigenvalue weighted by atomic mass is 16.5. The molecule has 0 spiro atoms. The van der Waals surface area contributed by atoms with Gasteiger partial charge in [-0.25, -0.2) is 14.7 Å². The zero-order valence-electron chi connectivity index (χ0n) is 18.6. The molecule has 2 saturated heterocycles. The average Bonchev–Trinajstić information content (AvgIpc) is 3.05. The summed E-state index contributed by atoms with van der Waals surface area (Å²) in [5.74, 6) is -0.211. The number of amides is 4. The Balaban J connectivity index is 1.59. The first-order valence-electron chi connectivity index (χ1n) is 11.1. The number of nitrogens with zero attached hydrogens (tertiary/aromatic N) is 5. The van der Waals surface area contributed by atoms with E-state index in [-0.39, 0.29) is 18.6 Å². The van der Waals surface area contributed by atoms with Crippen molar-refractivity contribution >= 4 is 23.6 Å². The van der Waals surface area contributed by atoms with Gasteiger partial charge in [0.2, 0.25) is 5.91 Å². The Kier molecular flexibility index (Phi) is 6.43. The molecule has 32 heavy (non-hydrogen) atoms. The second kappa shape index (κ2) is 9.25. The SMILES string of the molecule is CCCC(N1CCN(C)CC1)N1C(=O)CN(/N=C2\CCOc3ccc(C(N)=O)cc32)C1=O. The third kappa shape index (κ3) is 4.33. The number of piperazine rings is 1. The highest BCUT2D eigenvalue weighted by Crippen LogP contribution is 2.28. The molecule has 2 N–H and O–H groups in total. The van der Waals surface area contributed by atoms with E-state index in [1.807, 2.05) is 0 Å². The van der Waals surface area contributed by atoms with Gasteiger partial charge in [0.15, 0.2) is 0 Å². The minimum absolute atomic E-state index is 0.0952. The molecule has 0 aliphatic carbocycles. The maximum atomic E-state index is 13.3. The fraction of sp³-hybridized carbons (Fsp3) is 0.545. The summed E-state index contributed by atoms with van der Waals surface area (Å²) in [5.41, 5.74) is 6.97. The second-order valence-electron chi connectivity index (χ2n) is 8.43. The van der Waals surface area contributed by atoms with Crippen LogP contribution in [0.25, 0.3) is 0 Å². The van der Waals surface area contributed by atoms with Crippen LogP contribution in [0.1, 0.15) is 42.1 Å². The van der Waals surface area contributed by atoms with E-state index in [0.717, 1.165) is 39.0 Å². The summed E-state index contributed by atoms with van der Waals surface area (Å²) in [6.07, 6.45) is 1.79. The lowest BCUT2D eigenvalue weighted by Crippen LogP contribution is -2.56. The van der Waals surface area contributed by atoms with E-state index in [2.05, 4.69) is 28.9 Å². The molecule has 3 aliphatic heterocycles. The van der Waals surface area contributed by atoms with Crippen LogP contribution in [-0.4, -0.2) is 95.8 Å². The van der Waals surface area contributed by atoms with E-state index in [1.54, 1.807) is 18.2 Å². The number of rotatable bonds is 6. The van der Waals surface area contributed by atoms with Crippen molar-refractivity contribution in [3.8, 4) is 5.75 Å². The van der Waals surface area contributed by atoms with E-state index in [9.17, 15) is 14.4 Å². The smallest absolute Gasteiger partial charge is 0.349 e. The predicted octanol–water partition coefficient (Wildman–Crippen LogP) is 0.910. The Labute approximate surface area is 187 Å². The first-order chi connectivity index (χ1) is 15.4.